The van der Waals surface area contributed by atoms with Gasteiger partial charge in [-0.05, 0) is 44.7 Å². The summed E-state index contributed by atoms with van der Waals surface area (Å²) < 4.78 is 5.22. The van der Waals surface area contributed by atoms with E-state index in [1.165, 1.54) is 11.1 Å². The standard InChI is InChI=1S/C13H18O2.C8H10.ClH/c1-13(2,3)15-12(14)10-9-11-7-5-4-6-8-11;1-2-8-6-4-3-5-7-8;/h4-8H,9-10H2,1-3H3;3-7H,2H2,1H3;1H/p-1. The maximum Gasteiger partial charge on any atom is 0.306 e. The van der Waals surface area contributed by atoms with Crippen LogP contribution in [-0.2, 0) is 22.4 Å². The molecule has 0 aliphatic carbocycles. The Morgan fingerprint density at radius 2 is 1.33 bits per heavy atom. The van der Waals surface area contributed by atoms with Crippen molar-refractivity contribution in [2.75, 3.05) is 0 Å². The number of ether oxygens (including phenoxy) is 1. The lowest BCUT2D eigenvalue weighted by molar-refractivity contribution is -0.154. The number of hydrogen-bond donors (Lipinski definition) is 0. The molecule has 0 fully saturated rings. The van der Waals surface area contributed by atoms with Crippen LogP contribution in [0.5, 0.6) is 0 Å². The number of carbonyl (C=O) groups excluding carboxylic acids is 1. The molecule has 2 nitrogen and oxygen atoms in total. The Bertz CT molecular complexity index is 559. The van der Waals surface area contributed by atoms with E-state index < -0.39 is 0 Å². The molecule has 0 saturated heterocycles. The molecule has 0 heterocycles. The van der Waals surface area contributed by atoms with Crippen molar-refractivity contribution in [2.24, 2.45) is 0 Å². The van der Waals surface area contributed by atoms with Crippen molar-refractivity contribution in [1.29, 1.82) is 0 Å². The van der Waals surface area contributed by atoms with Gasteiger partial charge in [0.1, 0.15) is 5.60 Å². The minimum Gasteiger partial charge on any atom is -1.00 e. The fraction of sp³-hybridized carbons (Fsp3) is 0.381. The second kappa shape index (κ2) is 11.7. The molecule has 0 saturated carbocycles. The third kappa shape index (κ3) is 10.8. The average Bonchev–Trinajstić information content (AvgIpc) is 2.54. The summed E-state index contributed by atoms with van der Waals surface area (Å²) in [6.45, 7) is 7.81. The van der Waals surface area contributed by atoms with Gasteiger partial charge in [-0.25, -0.2) is 0 Å². The van der Waals surface area contributed by atoms with E-state index in [0.717, 1.165) is 12.8 Å². The molecule has 0 N–H and O–H groups in total. The molecule has 0 aliphatic heterocycles. The lowest BCUT2D eigenvalue weighted by atomic mass is 10.1. The van der Waals surface area contributed by atoms with Gasteiger partial charge in [-0.1, -0.05) is 67.6 Å². The molecule has 0 unspecified atom stereocenters. The zero-order chi connectivity index (χ0) is 17.1. The lowest BCUT2D eigenvalue weighted by Gasteiger charge is -2.19. The summed E-state index contributed by atoms with van der Waals surface area (Å²) in [6.07, 6.45) is 2.33. The van der Waals surface area contributed by atoms with Gasteiger partial charge in [-0.3, -0.25) is 4.79 Å². The lowest BCUT2D eigenvalue weighted by Crippen LogP contribution is -3.00. The fourth-order valence-corrected chi connectivity index (χ4v) is 2.00. The van der Waals surface area contributed by atoms with Crippen LogP contribution in [0.25, 0.3) is 0 Å². The molecular formula is C21H28ClO2-. The smallest absolute Gasteiger partial charge is 0.306 e. The molecule has 0 atom stereocenters. The van der Waals surface area contributed by atoms with Crippen LogP contribution in [0.3, 0.4) is 0 Å². The maximum absolute atomic E-state index is 11.4. The molecule has 0 aromatic heterocycles. The number of hydrogen-bond acceptors (Lipinski definition) is 2. The zero-order valence-electron chi connectivity index (χ0n) is 15.1. The van der Waals surface area contributed by atoms with E-state index >= 15 is 0 Å². The van der Waals surface area contributed by atoms with Gasteiger partial charge in [0, 0.05) is 6.42 Å². The first-order chi connectivity index (χ1) is 10.9. The Hall–Kier alpha value is -1.80. The van der Waals surface area contributed by atoms with E-state index in [-0.39, 0.29) is 24.0 Å². The monoisotopic (exact) mass is 347 g/mol. The quantitative estimate of drug-likeness (QED) is 0.793. The molecular weight excluding hydrogens is 320 g/mol. The topological polar surface area (TPSA) is 26.3 Å². The second-order valence-electron chi connectivity index (χ2n) is 6.41. The molecule has 24 heavy (non-hydrogen) atoms. The first kappa shape index (κ1) is 22.2. The summed E-state index contributed by atoms with van der Waals surface area (Å²) in [6, 6.07) is 20.4. The van der Waals surface area contributed by atoms with Crippen LogP contribution in [0, 0.1) is 0 Å². The van der Waals surface area contributed by atoms with Crippen molar-refractivity contribution in [3.63, 3.8) is 0 Å². The molecule has 132 valence electrons. The largest absolute Gasteiger partial charge is 1.00 e. The highest BCUT2D eigenvalue weighted by atomic mass is 35.5. The van der Waals surface area contributed by atoms with Gasteiger partial charge in [0.05, 0.1) is 0 Å². The maximum atomic E-state index is 11.4. The Balaban J connectivity index is 0.000000498. The molecule has 3 heteroatoms. The molecule has 2 aromatic rings. The summed E-state index contributed by atoms with van der Waals surface area (Å²) in [5, 5.41) is 0. The van der Waals surface area contributed by atoms with Crippen LogP contribution >= 0.6 is 0 Å². The Kier molecular flexibility index (Phi) is 10.8. The van der Waals surface area contributed by atoms with Crippen molar-refractivity contribution in [3.8, 4) is 0 Å². The van der Waals surface area contributed by atoms with Crippen molar-refractivity contribution in [1.82, 2.24) is 0 Å². The molecule has 2 rings (SSSR count). The van der Waals surface area contributed by atoms with Crippen LogP contribution in [0.1, 0.15) is 45.2 Å². The summed E-state index contributed by atoms with van der Waals surface area (Å²) in [7, 11) is 0. The third-order valence-electron chi connectivity index (χ3n) is 3.13. The molecule has 0 bridgehead atoms. The highest BCUT2D eigenvalue weighted by molar-refractivity contribution is 5.70. The van der Waals surface area contributed by atoms with Crippen molar-refractivity contribution >= 4 is 5.97 Å². The number of halogens is 1. The highest BCUT2D eigenvalue weighted by Crippen LogP contribution is 2.10. The number of benzene rings is 2. The van der Waals surface area contributed by atoms with Crippen LogP contribution in [0.2, 0.25) is 0 Å². The van der Waals surface area contributed by atoms with Gasteiger partial charge >= 0.3 is 5.97 Å². The molecule has 0 radical (unpaired) electrons. The predicted octanol–water partition coefficient (Wildman–Crippen LogP) is 2.21. The highest BCUT2D eigenvalue weighted by Gasteiger charge is 2.15. The average molecular weight is 348 g/mol. The molecule has 0 aliphatic rings. The SMILES string of the molecule is CC(C)(C)OC(=O)CCc1ccccc1.CCc1ccccc1.[Cl-]. The van der Waals surface area contributed by atoms with Crippen LogP contribution < -0.4 is 12.4 Å². The zero-order valence-corrected chi connectivity index (χ0v) is 15.8. The predicted molar refractivity (Wildman–Crippen MR) is 96.4 cm³/mol. The van der Waals surface area contributed by atoms with Gasteiger partial charge in [-0.2, -0.15) is 0 Å². The number of esters is 1. The first-order valence-electron chi connectivity index (χ1n) is 8.20. The second-order valence-corrected chi connectivity index (χ2v) is 6.41. The Morgan fingerprint density at radius 3 is 1.71 bits per heavy atom. The van der Waals surface area contributed by atoms with E-state index in [9.17, 15) is 4.79 Å². The van der Waals surface area contributed by atoms with Crippen molar-refractivity contribution in [2.45, 2.75) is 52.6 Å². The first-order valence-corrected chi connectivity index (χ1v) is 8.20. The minimum atomic E-state index is -0.381. The summed E-state index contributed by atoms with van der Waals surface area (Å²) in [5.74, 6) is -0.133. The van der Waals surface area contributed by atoms with Gasteiger partial charge in [0.15, 0.2) is 0 Å². The summed E-state index contributed by atoms with van der Waals surface area (Å²) >= 11 is 0. The van der Waals surface area contributed by atoms with Gasteiger partial charge < -0.3 is 17.1 Å². The fourth-order valence-electron chi connectivity index (χ4n) is 2.00. The van der Waals surface area contributed by atoms with Crippen LogP contribution in [0.15, 0.2) is 60.7 Å². The van der Waals surface area contributed by atoms with Gasteiger partial charge in [0.25, 0.3) is 0 Å². The summed E-state index contributed by atoms with van der Waals surface area (Å²) in [4.78, 5) is 11.4. The summed E-state index contributed by atoms with van der Waals surface area (Å²) in [5.41, 5.74) is 2.20. The van der Waals surface area contributed by atoms with Gasteiger partial charge in [-0.15, -0.1) is 0 Å². The number of aryl methyl sites for hydroxylation is 2. The third-order valence-corrected chi connectivity index (χ3v) is 3.13. The van der Waals surface area contributed by atoms with E-state index in [2.05, 4.69) is 31.2 Å². The van der Waals surface area contributed by atoms with Gasteiger partial charge in [0.2, 0.25) is 0 Å². The van der Waals surface area contributed by atoms with Crippen molar-refractivity contribution in [3.05, 3.63) is 71.8 Å². The molecule has 2 aromatic carbocycles. The van der Waals surface area contributed by atoms with E-state index in [0.29, 0.717) is 6.42 Å². The number of carbonyl (C=O) groups is 1. The van der Waals surface area contributed by atoms with E-state index in [4.69, 9.17) is 4.74 Å². The molecule has 0 amide bonds. The number of rotatable bonds is 4. The van der Waals surface area contributed by atoms with Crippen molar-refractivity contribution < 1.29 is 21.9 Å². The van der Waals surface area contributed by atoms with E-state index in [1.807, 2.05) is 57.2 Å². The Labute approximate surface area is 152 Å². The molecule has 0 spiro atoms. The van der Waals surface area contributed by atoms with E-state index in [1.54, 1.807) is 0 Å². The van der Waals surface area contributed by atoms with Crippen LogP contribution in [0.4, 0.5) is 0 Å². The van der Waals surface area contributed by atoms with Crippen LogP contribution in [-0.4, -0.2) is 11.6 Å². The minimum absolute atomic E-state index is 0. The Morgan fingerprint density at radius 1 is 0.875 bits per heavy atom. The normalized spacial score (nSPS) is 10.0.